The van der Waals surface area contributed by atoms with Crippen LogP contribution in [0.5, 0.6) is 0 Å². The van der Waals surface area contributed by atoms with E-state index in [0.29, 0.717) is 12.8 Å². The molecule has 0 heterocycles. The van der Waals surface area contributed by atoms with Crippen molar-refractivity contribution in [3.05, 3.63) is 59.3 Å². The molecule has 134 valence electrons. The Kier molecular flexibility index (Phi) is 5.53. The van der Waals surface area contributed by atoms with Crippen LogP contribution in [-0.4, -0.2) is 40.1 Å². The molecule has 6 heteroatoms. The Balaban J connectivity index is 1.54. The summed E-state index contributed by atoms with van der Waals surface area (Å²) in [4.78, 5) is 15.3. The van der Waals surface area contributed by atoms with Crippen molar-refractivity contribution in [2.45, 2.75) is 31.5 Å². The summed E-state index contributed by atoms with van der Waals surface area (Å²) < 4.78 is 0. The highest BCUT2D eigenvalue weighted by Gasteiger charge is 2.44. The number of carboxylic acids is 1. The predicted octanol–water partition coefficient (Wildman–Crippen LogP) is 1.41. The Morgan fingerprint density at radius 1 is 1.32 bits per heavy atom. The van der Waals surface area contributed by atoms with E-state index in [0.717, 1.165) is 23.3 Å². The Labute approximate surface area is 146 Å². The van der Waals surface area contributed by atoms with E-state index in [1.54, 1.807) is 6.08 Å². The van der Waals surface area contributed by atoms with Gasteiger partial charge in [0.25, 0.3) is 0 Å². The molecule has 25 heavy (non-hydrogen) atoms. The van der Waals surface area contributed by atoms with E-state index in [-0.39, 0.29) is 11.8 Å². The minimum absolute atomic E-state index is 0.0227. The molecule has 0 saturated heterocycles. The zero-order valence-corrected chi connectivity index (χ0v) is 13.8. The molecular weight excluding hydrogens is 322 g/mol. The lowest BCUT2D eigenvalue weighted by atomic mass is 9.79. The highest BCUT2D eigenvalue weighted by Crippen LogP contribution is 2.49. The summed E-state index contributed by atoms with van der Waals surface area (Å²) in [6.07, 6.45) is 4.41. The maximum absolute atomic E-state index is 10.4. The third-order valence-corrected chi connectivity index (χ3v) is 4.83. The molecule has 0 radical (unpaired) electrons. The van der Waals surface area contributed by atoms with Gasteiger partial charge in [0.15, 0.2) is 6.61 Å². The molecule has 1 aromatic carbocycles. The van der Waals surface area contributed by atoms with Crippen molar-refractivity contribution < 1.29 is 25.0 Å². The Bertz CT molecular complexity index is 670. The molecule has 3 unspecified atom stereocenters. The largest absolute Gasteiger partial charge is 0.479 e. The molecule has 1 saturated carbocycles. The summed E-state index contributed by atoms with van der Waals surface area (Å²) in [6, 6.07) is 9.78. The fourth-order valence-electron chi connectivity index (χ4n) is 3.57. The summed E-state index contributed by atoms with van der Waals surface area (Å²) in [5, 5.41) is 29.0. The van der Waals surface area contributed by atoms with Gasteiger partial charge in [0.2, 0.25) is 0 Å². The van der Waals surface area contributed by atoms with Crippen LogP contribution in [0, 0.1) is 11.8 Å². The van der Waals surface area contributed by atoms with Crippen LogP contribution in [0.1, 0.15) is 18.4 Å². The van der Waals surface area contributed by atoms with Gasteiger partial charge in [0.05, 0.1) is 12.2 Å². The smallest absolute Gasteiger partial charge is 0.332 e. The van der Waals surface area contributed by atoms with Crippen molar-refractivity contribution in [3.63, 3.8) is 0 Å². The highest BCUT2D eigenvalue weighted by molar-refractivity contribution is 5.67. The number of hydrogen-bond donors (Lipinski definition) is 4. The number of carboxylic acid groups (broad SMARTS) is 1. The van der Waals surface area contributed by atoms with Gasteiger partial charge in [-0.05, 0) is 29.9 Å². The Morgan fingerprint density at radius 3 is 2.80 bits per heavy atom. The zero-order chi connectivity index (χ0) is 17.8. The van der Waals surface area contributed by atoms with Crippen molar-refractivity contribution in [1.82, 2.24) is 5.48 Å². The fourth-order valence-corrected chi connectivity index (χ4v) is 3.57. The molecule has 6 nitrogen and oxygen atoms in total. The number of carbonyl (C=O) groups is 1. The van der Waals surface area contributed by atoms with Crippen LogP contribution in [0.3, 0.4) is 0 Å². The molecule has 1 fully saturated rings. The maximum atomic E-state index is 10.4. The fraction of sp³-hybridized carbons (Fsp3) is 0.421. The number of rotatable bonds is 8. The van der Waals surface area contributed by atoms with Crippen LogP contribution >= 0.6 is 0 Å². The summed E-state index contributed by atoms with van der Waals surface area (Å²) >= 11 is 0. The lowest BCUT2D eigenvalue weighted by Crippen LogP contribution is -2.30. The monoisotopic (exact) mass is 345 g/mol. The Morgan fingerprint density at radius 2 is 2.08 bits per heavy atom. The first-order chi connectivity index (χ1) is 12.0. The van der Waals surface area contributed by atoms with Crippen LogP contribution in [0.25, 0.3) is 0 Å². The van der Waals surface area contributed by atoms with Crippen molar-refractivity contribution in [2.75, 3.05) is 6.61 Å². The van der Waals surface area contributed by atoms with Crippen molar-refractivity contribution in [1.29, 1.82) is 0 Å². The van der Waals surface area contributed by atoms with Gasteiger partial charge in [0.1, 0.15) is 0 Å². The van der Waals surface area contributed by atoms with Gasteiger partial charge in [-0.25, -0.2) is 4.79 Å². The van der Waals surface area contributed by atoms with E-state index in [4.69, 9.17) is 9.94 Å². The van der Waals surface area contributed by atoms with Crippen molar-refractivity contribution in [3.8, 4) is 0 Å². The minimum atomic E-state index is -1.03. The number of fused-ring (bicyclic) bond motifs is 1. The molecule has 0 bridgehead atoms. The van der Waals surface area contributed by atoms with Crippen LogP contribution < -0.4 is 5.48 Å². The van der Waals surface area contributed by atoms with E-state index in [1.807, 2.05) is 36.4 Å². The zero-order valence-electron chi connectivity index (χ0n) is 13.8. The minimum Gasteiger partial charge on any atom is -0.479 e. The van der Waals surface area contributed by atoms with Crippen LogP contribution in [0.2, 0.25) is 0 Å². The molecule has 0 spiro atoms. The topological polar surface area (TPSA) is 99.0 Å². The van der Waals surface area contributed by atoms with Crippen LogP contribution in [0.15, 0.2) is 53.8 Å². The number of aliphatic carboxylic acids is 1. The van der Waals surface area contributed by atoms with Crippen molar-refractivity contribution >= 4 is 5.97 Å². The first-order valence-corrected chi connectivity index (χ1v) is 8.44. The molecular formula is C19H23NO5. The van der Waals surface area contributed by atoms with Gasteiger partial charge in [-0.2, -0.15) is 0 Å². The molecule has 2 aliphatic carbocycles. The quantitative estimate of drug-likeness (QED) is 0.420. The molecule has 4 atom stereocenters. The maximum Gasteiger partial charge on any atom is 0.332 e. The van der Waals surface area contributed by atoms with Gasteiger partial charge in [0, 0.05) is 18.0 Å². The van der Waals surface area contributed by atoms with Gasteiger partial charge in [-0.15, -0.1) is 0 Å². The third-order valence-electron chi connectivity index (χ3n) is 4.83. The van der Waals surface area contributed by atoms with E-state index in [1.165, 1.54) is 0 Å². The number of hydroxylamine groups is 1. The average molecular weight is 345 g/mol. The van der Waals surface area contributed by atoms with Gasteiger partial charge in [-0.3, -0.25) is 10.3 Å². The van der Waals surface area contributed by atoms with Crippen LogP contribution in [0.4, 0.5) is 0 Å². The number of hydrogen-bond acceptors (Lipinski definition) is 5. The summed E-state index contributed by atoms with van der Waals surface area (Å²) in [5.74, 6) is -0.829. The standard InChI is InChI=1S/C19H23NO5/c21-13(8-12-4-2-1-3-5-12)6-7-14-15-9-17(16(15)10-18(14)22)20-25-11-19(23)24/h1-7,13-15,18,20-22H,8-11H2,(H,23,24)/t13?,14?,15-,18?/m0/s1. The molecule has 2 aliphatic rings. The number of benzene rings is 1. The molecule has 3 rings (SSSR count). The van der Waals surface area contributed by atoms with E-state index < -0.39 is 24.8 Å². The number of allylic oxidation sites excluding steroid dienone is 1. The van der Waals surface area contributed by atoms with Gasteiger partial charge >= 0.3 is 5.97 Å². The highest BCUT2D eigenvalue weighted by atomic mass is 16.7. The van der Waals surface area contributed by atoms with E-state index in [2.05, 4.69) is 5.48 Å². The summed E-state index contributed by atoms with van der Waals surface area (Å²) in [6.45, 7) is -0.404. The van der Waals surface area contributed by atoms with Crippen LogP contribution in [-0.2, 0) is 16.1 Å². The summed E-state index contributed by atoms with van der Waals surface area (Å²) in [5.41, 5.74) is 5.70. The van der Waals surface area contributed by atoms with Crippen molar-refractivity contribution in [2.24, 2.45) is 11.8 Å². The van der Waals surface area contributed by atoms with E-state index >= 15 is 0 Å². The normalized spacial score (nSPS) is 26.4. The average Bonchev–Trinajstić information content (AvgIpc) is 2.81. The first kappa shape index (κ1) is 17.7. The molecule has 0 aliphatic heterocycles. The second-order valence-electron chi connectivity index (χ2n) is 6.59. The lowest BCUT2D eigenvalue weighted by molar-refractivity contribution is -0.144. The van der Waals surface area contributed by atoms with Gasteiger partial charge in [-0.1, -0.05) is 42.5 Å². The Hall–Kier alpha value is -2.15. The third kappa shape index (κ3) is 4.28. The predicted molar refractivity (Wildman–Crippen MR) is 91.3 cm³/mol. The molecule has 1 aromatic rings. The molecule has 4 N–H and O–H groups in total. The lowest BCUT2D eigenvalue weighted by Gasteiger charge is -2.31. The summed E-state index contributed by atoms with van der Waals surface area (Å²) in [7, 11) is 0. The van der Waals surface area contributed by atoms with Gasteiger partial charge < -0.3 is 15.3 Å². The number of aliphatic hydroxyl groups is 2. The molecule has 0 aromatic heterocycles. The number of nitrogens with one attached hydrogen (secondary N) is 1. The number of aliphatic hydroxyl groups excluding tert-OH is 2. The first-order valence-electron chi connectivity index (χ1n) is 8.44. The van der Waals surface area contributed by atoms with E-state index in [9.17, 15) is 15.0 Å². The SMILES string of the molecule is O=C(O)CONC1=C2CC(O)C(C=CC(O)Cc3ccccc3)[C@@H]2C1. The molecule has 0 amide bonds. The second-order valence-corrected chi connectivity index (χ2v) is 6.59. The second kappa shape index (κ2) is 7.82.